The number of halogens is 3. The molecule has 170 valence electrons. The van der Waals surface area contributed by atoms with E-state index < -0.39 is 15.5 Å². The molecule has 0 radical (unpaired) electrons. The fourth-order valence-corrected chi connectivity index (χ4v) is 5.08. The molecular formula is C18H34F3N5O2S. The van der Waals surface area contributed by atoms with E-state index in [9.17, 15) is 21.6 Å². The van der Waals surface area contributed by atoms with E-state index in [2.05, 4.69) is 27.4 Å². The number of aliphatic imine (C=N–C) groups is 1. The van der Waals surface area contributed by atoms with Crippen molar-refractivity contribution in [3.8, 4) is 0 Å². The second kappa shape index (κ2) is 10.8. The zero-order chi connectivity index (χ0) is 21.5. The molecule has 1 unspecified atom stereocenters. The maximum Gasteiger partial charge on any atom is 0.511 e. The van der Waals surface area contributed by atoms with Crippen LogP contribution in [-0.4, -0.2) is 81.4 Å². The van der Waals surface area contributed by atoms with Gasteiger partial charge in [-0.05, 0) is 44.6 Å². The summed E-state index contributed by atoms with van der Waals surface area (Å²) < 4.78 is 61.4. The summed E-state index contributed by atoms with van der Waals surface area (Å²) >= 11 is 0. The van der Waals surface area contributed by atoms with Gasteiger partial charge in [-0.2, -0.15) is 17.5 Å². The van der Waals surface area contributed by atoms with E-state index in [4.69, 9.17) is 0 Å². The number of likely N-dealkylation sites (tertiary alicyclic amines) is 1. The Labute approximate surface area is 172 Å². The number of nitrogens with zero attached hydrogens (tertiary/aromatic N) is 3. The van der Waals surface area contributed by atoms with Crippen LogP contribution in [0.15, 0.2) is 4.99 Å². The van der Waals surface area contributed by atoms with Gasteiger partial charge in [0.2, 0.25) is 0 Å². The molecule has 0 aliphatic carbocycles. The monoisotopic (exact) mass is 441 g/mol. The molecule has 29 heavy (non-hydrogen) atoms. The van der Waals surface area contributed by atoms with Gasteiger partial charge < -0.3 is 10.6 Å². The molecule has 0 bridgehead atoms. The van der Waals surface area contributed by atoms with E-state index in [1.54, 1.807) is 7.05 Å². The van der Waals surface area contributed by atoms with E-state index in [1.165, 1.54) is 19.3 Å². The van der Waals surface area contributed by atoms with E-state index in [0.717, 1.165) is 26.1 Å². The summed E-state index contributed by atoms with van der Waals surface area (Å²) in [4.78, 5) is 6.72. The fraction of sp³-hybridized carbons (Fsp3) is 0.944. The van der Waals surface area contributed by atoms with Crippen LogP contribution in [0.2, 0.25) is 0 Å². The van der Waals surface area contributed by atoms with Gasteiger partial charge in [-0.1, -0.05) is 13.3 Å². The zero-order valence-corrected chi connectivity index (χ0v) is 18.2. The lowest BCUT2D eigenvalue weighted by atomic mass is 9.98. The van der Waals surface area contributed by atoms with E-state index in [-0.39, 0.29) is 19.0 Å². The van der Waals surface area contributed by atoms with Crippen LogP contribution in [-0.2, 0) is 10.0 Å². The SMILES string of the molecule is CCC1CCCCN1CCNC(=NC)NCC1CCN(S(=O)(=O)C(F)(F)F)CC1. The first kappa shape index (κ1) is 24.2. The van der Waals surface area contributed by atoms with Crippen LogP contribution in [0.3, 0.4) is 0 Å². The van der Waals surface area contributed by atoms with E-state index >= 15 is 0 Å². The average Bonchev–Trinajstić information content (AvgIpc) is 2.70. The molecule has 2 aliphatic heterocycles. The van der Waals surface area contributed by atoms with Crippen LogP contribution < -0.4 is 10.6 Å². The highest BCUT2D eigenvalue weighted by atomic mass is 32.2. The van der Waals surface area contributed by atoms with E-state index in [0.29, 0.717) is 35.7 Å². The van der Waals surface area contributed by atoms with Crippen molar-refractivity contribution in [3.63, 3.8) is 0 Å². The van der Waals surface area contributed by atoms with Crippen molar-refractivity contribution in [3.05, 3.63) is 0 Å². The molecule has 0 aromatic rings. The summed E-state index contributed by atoms with van der Waals surface area (Å²) in [7, 11) is -3.53. The Morgan fingerprint density at radius 3 is 2.38 bits per heavy atom. The third-order valence-electron chi connectivity index (χ3n) is 5.90. The minimum atomic E-state index is -5.23. The first-order valence-corrected chi connectivity index (χ1v) is 11.9. The Morgan fingerprint density at radius 1 is 1.10 bits per heavy atom. The highest BCUT2D eigenvalue weighted by Crippen LogP contribution is 2.30. The predicted molar refractivity (Wildman–Crippen MR) is 108 cm³/mol. The molecule has 0 aromatic carbocycles. The molecule has 2 saturated heterocycles. The number of piperidine rings is 2. The Balaban J connectivity index is 1.70. The molecule has 2 rings (SSSR count). The minimum absolute atomic E-state index is 0.104. The van der Waals surface area contributed by atoms with Gasteiger partial charge in [0.15, 0.2) is 5.96 Å². The van der Waals surface area contributed by atoms with Gasteiger partial charge in [-0.3, -0.25) is 9.89 Å². The van der Waals surface area contributed by atoms with Crippen molar-refractivity contribution < 1.29 is 21.6 Å². The molecule has 7 nitrogen and oxygen atoms in total. The van der Waals surface area contributed by atoms with Crippen molar-refractivity contribution >= 4 is 16.0 Å². The standard InChI is InChI=1S/C18H34F3N5O2S/c1-3-16-6-4-5-10-25(16)13-9-23-17(22-2)24-14-15-7-11-26(12-8-15)29(27,28)18(19,20)21/h15-16H,3-14H2,1-2H3,(H2,22,23,24). The second-order valence-corrected chi connectivity index (χ2v) is 9.70. The Hall–Kier alpha value is -1.07. The van der Waals surface area contributed by atoms with Gasteiger partial charge in [0.1, 0.15) is 0 Å². The van der Waals surface area contributed by atoms with E-state index in [1.807, 2.05) is 0 Å². The summed E-state index contributed by atoms with van der Waals surface area (Å²) in [6.45, 7) is 5.43. The van der Waals surface area contributed by atoms with Crippen molar-refractivity contribution in [2.24, 2.45) is 10.9 Å². The van der Waals surface area contributed by atoms with Crippen molar-refractivity contribution in [1.82, 2.24) is 19.8 Å². The van der Waals surface area contributed by atoms with Crippen molar-refractivity contribution in [2.45, 2.75) is 57.0 Å². The third kappa shape index (κ3) is 6.71. The van der Waals surface area contributed by atoms with Crippen LogP contribution in [0.25, 0.3) is 0 Å². The minimum Gasteiger partial charge on any atom is -0.356 e. The summed E-state index contributed by atoms with van der Waals surface area (Å²) in [5, 5.41) is 6.51. The summed E-state index contributed by atoms with van der Waals surface area (Å²) in [5.41, 5.74) is -5.23. The highest BCUT2D eigenvalue weighted by Gasteiger charge is 2.50. The number of guanidine groups is 1. The largest absolute Gasteiger partial charge is 0.511 e. The van der Waals surface area contributed by atoms with Crippen LogP contribution >= 0.6 is 0 Å². The maximum absolute atomic E-state index is 12.6. The predicted octanol–water partition coefficient (Wildman–Crippen LogP) is 1.98. The molecule has 0 spiro atoms. The number of hydrogen-bond acceptors (Lipinski definition) is 4. The maximum atomic E-state index is 12.6. The number of alkyl halides is 3. The number of nitrogens with one attached hydrogen (secondary N) is 2. The lowest BCUT2D eigenvalue weighted by molar-refractivity contribution is -0.0496. The smallest absolute Gasteiger partial charge is 0.356 e. The highest BCUT2D eigenvalue weighted by molar-refractivity contribution is 7.90. The molecular weight excluding hydrogens is 407 g/mol. The molecule has 0 amide bonds. The van der Waals surface area contributed by atoms with Gasteiger partial charge in [0, 0.05) is 45.8 Å². The first-order chi connectivity index (χ1) is 13.7. The zero-order valence-electron chi connectivity index (χ0n) is 17.3. The van der Waals surface area contributed by atoms with Gasteiger partial charge >= 0.3 is 15.5 Å². The number of sulfonamides is 1. The van der Waals surface area contributed by atoms with Gasteiger partial charge in [-0.25, -0.2) is 8.42 Å². The lowest BCUT2D eigenvalue weighted by Crippen LogP contribution is -2.48. The summed E-state index contributed by atoms with van der Waals surface area (Å²) in [6.07, 6.45) is 5.75. The molecule has 2 fully saturated rings. The molecule has 2 heterocycles. The molecule has 11 heteroatoms. The van der Waals surface area contributed by atoms with Gasteiger partial charge in [0.05, 0.1) is 0 Å². The van der Waals surface area contributed by atoms with Crippen LogP contribution in [0, 0.1) is 5.92 Å². The fourth-order valence-electron chi connectivity index (χ4n) is 4.10. The second-order valence-electron chi connectivity index (χ2n) is 7.77. The van der Waals surface area contributed by atoms with Crippen LogP contribution in [0.4, 0.5) is 13.2 Å². The number of hydrogen-bond donors (Lipinski definition) is 2. The Kier molecular flexibility index (Phi) is 9.02. The van der Waals surface area contributed by atoms with Crippen LogP contribution in [0.1, 0.15) is 45.4 Å². The summed E-state index contributed by atoms with van der Waals surface area (Å²) in [5.74, 6) is 0.778. The van der Waals surface area contributed by atoms with Gasteiger partial charge in [-0.15, -0.1) is 0 Å². The molecule has 2 aliphatic rings. The molecule has 2 N–H and O–H groups in total. The lowest BCUT2D eigenvalue weighted by Gasteiger charge is -2.35. The van der Waals surface area contributed by atoms with Gasteiger partial charge in [0.25, 0.3) is 0 Å². The normalized spacial score (nSPS) is 23.9. The Bertz CT molecular complexity index is 634. The molecule has 0 saturated carbocycles. The molecule has 0 aromatic heterocycles. The quantitative estimate of drug-likeness (QED) is 0.467. The average molecular weight is 442 g/mol. The third-order valence-corrected chi connectivity index (χ3v) is 7.53. The van der Waals surface area contributed by atoms with Crippen molar-refractivity contribution in [2.75, 3.05) is 46.3 Å². The van der Waals surface area contributed by atoms with Crippen LogP contribution in [0.5, 0.6) is 0 Å². The van der Waals surface area contributed by atoms with Crippen molar-refractivity contribution in [1.29, 1.82) is 0 Å². The Morgan fingerprint density at radius 2 is 1.79 bits per heavy atom. The summed E-state index contributed by atoms with van der Waals surface area (Å²) in [6, 6.07) is 0.652. The topological polar surface area (TPSA) is 77.0 Å². The molecule has 1 atom stereocenters. The first-order valence-electron chi connectivity index (χ1n) is 10.4. The number of rotatable bonds is 7.